The molecule has 106 valence electrons. The molecule has 1 heterocycles. The van der Waals surface area contributed by atoms with Crippen LogP contribution in [0, 0.1) is 11.3 Å². The van der Waals surface area contributed by atoms with Gasteiger partial charge in [-0.1, -0.05) is 13.3 Å². The Morgan fingerprint density at radius 2 is 1.94 bits per heavy atom. The molecule has 1 atom stereocenters. The van der Waals surface area contributed by atoms with Gasteiger partial charge in [-0.3, -0.25) is 4.79 Å². The minimum atomic E-state index is 0. The second-order valence-corrected chi connectivity index (χ2v) is 5.98. The van der Waals surface area contributed by atoms with E-state index >= 15 is 0 Å². The Labute approximate surface area is 117 Å². The lowest BCUT2D eigenvalue weighted by Gasteiger charge is -2.45. The summed E-state index contributed by atoms with van der Waals surface area (Å²) in [5.41, 5.74) is 5.95. The second kappa shape index (κ2) is 6.25. The van der Waals surface area contributed by atoms with E-state index in [2.05, 4.69) is 18.7 Å². The van der Waals surface area contributed by atoms with E-state index in [1.807, 2.05) is 0 Å². The van der Waals surface area contributed by atoms with Crippen LogP contribution in [-0.4, -0.2) is 29.9 Å². The van der Waals surface area contributed by atoms with Crippen LogP contribution in [0.5, 0.6) is 0 Å². The summed E-state index contributed by atoms with van der Waals surface area (Å²) in [6, 6.07) is 0.274. The monoisotopic (exact) mass is 274 g/mol. The van der Waals surface area contributed by atoms with Gasteiger partial charge in [-0.05, 0) is 44.9 Å². The molecule has 2 aliphatic rings. The molecule has 1 unspecified atom stereocenters. The number of halogens is 1. The van der Waals surface area contributed by atoms with Crippen LogP contribution in [0.2, 0.25) is 0 Å². The first-order chi connectivity index (χ1) is 8.09. The quantitative estimate of drug-likeness (QED) is 0.860. The average molecular weight is 275 g/mol. The van der Waals surface area contributed by atoms with E-state index in [4.69, 9.17) is 5.73 Å². The maximum Gasteiger partial charge on any atom is 0.228 e. The largest absolute Gasteiger partial charge is 0.342 e. The van der Waals surface area contributed by atoms with Gasteiger partial charge in [0.15, 0.2) is 0 Å². The Morgan fingerprint density at radius 1 is 1.39 bits per heavy atom. The molecule has 2 fully saturated rings. The van der Waals surface area contributed by atoms with Gasteiger partial charge in [0.05, 0.1) is 0 Å². The van der Waals surface area contributed by atoms with Gasteiger partial charge >= 0.3 is 0 Å². The van der Waals surface area contributed by atoms with Crippen molar-refractivity contribution in [2.45, 2.75) is 58.4 Å². The fraction of sp³-hybridized carbons (Fsp3) is 0.929. The summed E-state index contributed by atoms with van der Waals surface area (Å²) in [7, 11) is 0. The molecule has 4 heteroatoms. The zero-order chi connectivity index (χ0) is 12.5. The van der Waals surface area contributed by atoms with Crippen LogP contribution >= 0.6 is 12.4 Å². The van der Waals surface area contributed by atoms with Crippen LogP contribution in [0.15, 0.2) is 0 Å². The molecule has 2 N–H and O–H groups in total. The summed E-state index contributed by atoms with van der Waals surface area (Å²) in [4.78, 5) is 14.6. The van der Waals surface area contributed by atoms with Gasteiger partial charge in [0.25, 0.3) is 0 Å². The average Bonchev–Trinajstić information content (AvgIpc) is 2.28. The molecule has 0 spiro atoms. The molecule has 0 aromatic heterocycles. The Hall–Kier alpha value is -0.280. The minimum Gasteiger partial charge on any atom is -0.342 e. The highest BCUT2D eigenvalue weighted by molar-refractivity contribution is 5.85. The Bertz CT molecular complexity index is 276. The number of rotatable bonds is 3. The number of piperidine rings is 1. The molecule has 1 aliphatic carbocycles. The molecular weight excluding hydrogens is 248 g/mol. The molecule has 3 nitrogen and oxygen atoms in total. The third-order valence-electron chi connectivity index (χ3n) is 5.01. The first-order valence-electron chi connectivity index (χ1n) is 7.14. The number of hydrogen-bond donors (Lipinski definition) is 1. The summed E-state index contributed by atoms with van der Waals surface area (Å²) < 4.78 is 0. The van der Waals surface area contributed by atoms with Crippen molar-refractivity contribution in [1.29, 1.82) is 0 Å². The summed E-state index contributed by atoms with van der Waals surface area (Å²) >= 11 is 0. The van der Waals surface area contributed by atoms with Gasteiger partial charge in [0.1, 0.15) is 0 Å². The van der Waals surface area contributed by atoms with Crippen LogP contribution in [-0.2, 0) is 4.79 Å². The predicted octanol–water partition coefficient (Wildman–Crippen LogP) is 2.57. The first kappa shape index (κ1) is 15.8. The van der Waals surface area contributed by atoms with Crippen molar-refractivity contribution in [2.75, 3.05) is 13.1 Å². The summed E-state index contributed by atoms with van der Waals surface area (Å²) in [6.07, 6.45) is 6.63. The van der Waals surface area contributed by atoms with Crippen LogP contribution in [0.3, 0.4) is 0 Å². The highest BCUT2D eigenvalue weighted by Crippen LogP contribution is 2.45. The van der Waals surface area contributed by atoms with Crippen molar-refractivity contribution in [2.24, 2.45) is 17.1 Å². The Balaban J connectivity index is 0.00000162. The first-order valence-corrected chi connectivity index (χ1v) is 7.14. The highest BCUT2D eigenvalue weighted by Gasteiger charge is 2.45. The lowest BCUT2D eigenvalue weighted by atomic mass is 9.66. The zero-order valence-electron chi connectivity index (χ0n) is 11.7. The molecule has 1 saturated heterocycles. The Morgan fingerprint density at radius 3 is 2.28 bits per heavy atom. The predicted molar refractivity (Wildman–Crippen MR) is 76.8 cm³/mol. The van der Waals surface area contributed by atoms with Crippen molar-refractivity contribution in [3.8, 4) is 0 Å². The molecule has 0 radical (unpaired) electrons. The molecule has 2 rings (SSSR count). The fourth-order valence-electron chi connectivity index (χ4n) is 3.29. The van der Waals surface area contributed by atoms with E-state index in [0.717, 1.165) is 45.2 Å². The van der Waals surface area contributed by atoms with Gasteiger partial charge in [-0.2, -0.15) is 0 Å². The van der Waals surface area contributed by atoms with Crippen molar-refractivity contribution in [1.82, 2.24) is 4.90 Å². The lowest BCUT2D eigenvalue weighted by molar-refractivity contribution is -0.149. The standard InChI is InChI=1S/C14H26N2O.ClH/c1-3-14(7-4-8-14)13(17)16-9-5-12(6-10-16)11(2)15;/h11-12H,3-10,15H2,1-2H3;1H. The van der Waals surface area contributed by atoms with Gasteiger partial charge < -0.3 is 10.6 Å². The summed E-state index contributed by atoms with van der Waals surface area (Å²) in [6.45, 7) is 6.09. The van der Waals surface area contributed by atoms with Gasteiger partial charge in [-0.15, -0.1) is 12.4 Å². The summed E-state index contributed by atoms with van der Waals surface area (Å²) in [5.74, 6) is 1.03. The normalized spacial score (nSPS) is 24.9. The van der Waals surface area contributed by atoms with Crippen molar-refractivity contribution < 1.29 is 4.79 Å². The third kappa shape index (κ3) is 2.83. The molecular formula is C14H27ClN2O. The van der Waals surface area contributed by atoms with E-state index in [1.54, 1.807) is 0 Å². The van der Waals surface area contributed by atoms with Gasteiger partial charge in [0, 0.05) is 24.5 Å². The number of hydrogen-bond acceptors (Lipinski definition) is 2. The number of nitrogens with two attached hydrogens (primary N) is 1. The molecule has 18 heavy (non-hydrogen) atoms. The van der Waals surface area contributed by atoms with Crippen LogP contribution in [0.25, 0.3) is 0 Å². The number of likely N-dealkylation sites (tertiary alicyclic amines) is 1. The number of nitrogens with zero attached hydrogens (tertiary/aromatic N) is 1. The molecule has 0 bridgehead atoms. The highest BCUT2D eigenvalue weighted by atomic mass is 35.5. The molecule has 0 aromatic rings. The molecule has 0 aromatic carbocycles. The van der Waals surface area contributed by atoms with Gasteiger partial charge in [0.2, 0.25) is 5.91 Å². The van der Waals surface area contributed by atoms with E-state index in [9.17, 15) is 4.79 Å². The van der Waals surface area contributed by atoms with Crippen LogP contribution in [0.4, 0.5) is 0 Å². The maximum absolute atomic E-state index is 12.5. The lowest BCUT2D eigenvalue weighted by Crippen LogP contribution is -2.51. The van der Waals surface area contributed by atoms with Crippen molar-refractivity contribution in [3.05, 3.63) is 0 Å². The minimum absolute atomic E-state index is 0. The molecule has 1 aliphatic heterocycles. The number of amides is 1. The molecule has 1 amide bonds. The zero-order valence-corrected chi connectivity index (χ0v) is 12.5. The van der Waals surface area contributed by atoms with E-state index < -0.39 is 0 Å². The maximum atomic E-state index is 12.5. The fourth-order valence-corrected chi connectivity index (χ4v) is 3.29. The second-order valence-electron chi connectivity index (χ2n) is 5.98. The van der Waals surface area contributed by atoms with Crippen molar-refractivity contribution >= 4 is 18.3 Å². The number of carbonyl (C=O) groups excluding carboxylic acids is 1. The van der Waals surface area contributed by atoms with Gasteiger partial charge in [-0.25, -0.2) is 0 Å². The van der Waals surface area contributed by atoms with E-state index in [-0.39, 0.29) is 23.9 Å². The topological polar surface area (TPSA) is 46.3 Å². The number of carbonyl (C=O) groups is 1. The summed E-state index contributed by atoms with van der Waals surface area (Å²) in [5, 5.41) is 0. The van der Waals surface area contributed by atoms with E-state index in [1.165, 1.54) is 6.42 Å². The third-order valence-corrected chi connectivity index (χ3v) is 5.01. The smallest absolute Gasteiger partial charge is 0.228 e. The van der Waals surface area contributed by atoms with E-state index in [0.29, 0.717) is 11.8 Å². The van der Waals surface area contributed by atoms with Crippen LogP contribution < -0.4 is 5.73 Å². The van der Waals surface area contributed by atoms with Crippen molar-refractivity contribution in [3.63, 3.8) is 0 Å². The Kier molecular flexibility index (Phi) is 5.47. The molecule has 1 saturated carbocycles. The SMILES string of the molecule is CCC1(C(=O)N2CCC(C(C)N)CC2)CCC1.Cl. The van der Waals surface area contributed by atoms with Crippen LogP contribution in [0.1, 0.15) is 52.4 Å².